The van der Waals surface area contributed by atoms with Gasteiger partial charge in [0.2, 0.25) is 0 Å². The summed E-state index contributed by atoms with van der Waals surface area (Å²) in [4.78, 5) is 14.5. The lowest BCUT2D eigenvalue weighted by Crippen LogP contribution is -2.42. The van der Waals surface area contributed by atoms with Crippen molar-refractivity contribution in [2.24, 2.45) is 5.92 Å². The molecule has 0 heterocycles. The maximum absolute atomic E-state index is 12.4. The molecule has 1 unspecified atom stereocenters. The maximum atomic E-state index is 12.4. The lowest BCUT2D eigenvalue weighted by molar-refractivity contribution is 0.0925. The number of ether oxygens (including phenoxy) is 1. The van der Waals surface area contributed by atoms with Gasteiger partial charge in [0.15, 0.2) is 0 Å². The van der Waals surface area contributed by atoms with E-state index in [-0.39, 0.29) is 11.9 Å². The second-order valence-corrected chi connectivity index (χ2v) is 6.02. The molecule has 3 N–H and O–H groups in total. The number of hydrogen-bond acceptors (Lipinski definition) is 4. The molecule has 1 atom stereocenters. The third-order valence-electron chi connectivity index (χ3n) is 3.18. The quantitative estimate of drug-likeness (QED) is 0.754. The largest absolute Gasteiger partial charge is 0.497 e. The molecule has 0 saturated heterocycles. The average Bonchev–Trinajstić information content (AvgIpc) is 2.37. The number of benzene rings is 1. The summed E-state index contributed by atoms with van der Waals surface area (Å²) in [6, 6.07) is 5.21. The van der Waals surface area contributed by atoms with Crippen LogP contribution in [0.15, 0.2) is 18.2 Å². The first-order chi connectivity index (χ1) is 9.83. The number of rotatable bonds is 7. The molecule has 0 saturated carbocycles. The molecular formula is C16H27N3O2. The number of nitrogens with zero attached hydrogens (tertiary/aromatic N) is 1. The molecule has 1 amide bonds. The van der Waals surface area contributed by atoms with Gasteiger partial charge in [0.25, 0.3) is 5.91 Å². The number of nitrogens with one attached hydrogen (secondary N) is 1. The Morgan fingerprint density at radius 1 is 1.38 bits per heavy atom. The number of nitrogen functional groups attached to an aromatic ring is 1. The van der Waals surface area contributed by atoms with Crippen molar-refractivity contribution in [3.05, 3.63) is 23.8 Å². The van der Waals surface area contributed by atoms with Crippen molar-refractivity contribution in [2.75, 3.05) is 33.5 Å². The van der Waals surface area contributed by atoms with Gasteiger partial charge in [-0.25, -0.2) is 0 Å². The summed E-state index contributed by atoms with van der Waals surface area (Å²) in [5.74, 6) is 0.985. The highest BCUT2D eigenvalue weighted by molar-refractivity contribution is 5.99. The van der Waals surface area contributed by atoms with E-state index in [1.54, 1.807) is 25.3 Å². The number of anilines is 1. The van der Waals surface area contributed by atoms with E-state index in [2.05, 4.69) is 24.1 Å². The lowest BCUT2D eigenvalue weighted by atomic mass is 10.0. The first kappa shape index (κ1) is 17.3. The lowest BCUT2D eigenvalue weighted by Gasteiger charge is -2.24. The van der Waals surface area contributed by atoms with Crippen LogP contribution in [0.1, 0.15) is 30.6 Å². The third-order valence-corrected chi connectivity index (χ3v) is 3.18. The fourth-order valence-electron chi connectivity index (χ4n) is 2.31. The van der Waals surface area contributed by atoms with Gasteiger partial charge >= 0.3 is 0 Å². The monoisotopic (exact) mass is 293 g/mol. The average molecular weight is 293 g/mol. The molecule has 0 aliphatic carbocycles. The van der Waals surface area contributed by atoms with Crippen LogP contribution in [0.5, 0.6) is 5.75 Å². The molecule has 1 aromatic carbocycles. The first-order valence-electron chi connectivity index (χ1n) is 7.22. The van der Waals surface area contributed by atoms with Crippen LogP contribution < -0.4 is 15.8 Å². The van der Waals surface area contributed by atoms with E-state index in [9.17, 15) is 4.79 Å². The predicted octanol–water partition coefficient (Wildman–Crippen LogP) is 1.98. The standard InChI is InChI=1S/C16H27N3O2/c1-11(2)8-12(10-19(3)4)18-16(20)14-9-13(21-5)6-7-15(14)17/h6-7,9,11-12H,8,10,17H2,1-5H3,(H,18,20). The van der Waals surface area contributed by atoms with Crippen LogP contribution in [-0.4, -0.2) is 44.6 Å². The molecule has 21 heavy (non-hydrogen) atoms. The summed E-state index contributed by atoms with van der Waals surface area (Å²) in [5, 5.41) is 3.07. The summed E-state index contributed by atoms with van der Waals surface area (Å²) in [6.45, 7) is 5.09. The molecule has 118 valence electrons. The number of carbonyl (C=O) groups is 1. The Bertz CT molecular complexity index is 463. The molecule has 0 fully saturated rings. The number of likely N-dealkylation sites (N-methyl/N-ethyl adjacent to an activating group) is 1. The molecule has 0 spiro atoms. The van der Waals surface area contributed by atoms with Crippen molar-refractivity contribution >= 4 is 11.6 Å². The second-order valence-electron chi connectivity index (χ2n) is 6.02. The van der Waals surface area contributed by atoms with E-state index >= 15 is 0 Å². The molecule has 1 rings (SSSR count). The zero-order chi connectivity index (χ0) is 16.0. The van der Waals surface area contributed by atoms with Gasteiger partial charge < -0.3 is 20.7 Å². The topological polar surface area (TPSA) is 67.6 Å². The zero-order valence-corrected chi connectivity index (χ0v) is 13.6. The van der Waals surface area contributed by atoms with Crippen LogP contribution in [0.25, 0.3) is 0 Å². The van der Waals surface area contributed by atoms with Gasteiger partial charge in [-0.1, -0.05) is 13.8 Å². The fraction of sp³-hybridized carbons (Fsp3) is 0.562. The van der Waals surface area contributed by atoms with Gasteiger partial charge in [-0.2, -0.15) is 0 Å². The van der Waals surface area contributed by atoms with Crippen molar-refractivity contribution in [2.45, 2.75) is 26.3 Å². The van der Waals surface area contributed by atoms with Crippen molar-refractivity contribution in [1.29, 1.82) is 0 Å². The Balaban J connectivity index is 2.85. The Kier molecular flexibility index (Phi) is 6.49. The van der Waals surface area contributed by atoms with Gasteiger partial charge in [0.1, 0.15) is 5.75 Å². The van der Waals surface area contributed by atoms with Crippen LogP contribution in [0.2, 0.25) is 0 Å². The summed E-state index contributed by atoms with van der Waals surface area (Å²) in [6.07, 6.45) is 0.924. The third kappa shape index (κ3) is 5.63. The van der Waals surface area contributed by atoms with E-state index in [1.807, 2.05) is 14.1 Å². The van der Waals surface area contributed by atoms with E-state index in [4.69, 9.17) is 10.5 Å². The van der Waals surface area contributed by atoms with Crippen molar-refractivity contribution in [3.63, 3.8) is 0 Å². The summed E-state index contributed by atoms with van der Waals surface area (Å²) in [5.41, 5.74) is 6.82. The minimum atomic E-state index is -0.154. The van der Waals surface area contributed by atoms with Gasteiger partial charge in [-0.3, -0.25) is 4.79 Å². The van der Waals surface area contributed by atoms with E-state index in [1.165, 1.54) is 0 Å². The first-order valence-corrected chi connectivity index (χ1v) is 7.22. The van der Waals surface area contributed by atoms with E-state index in [0.717, 1.165) is 13.0 Å². The molecule has 0 aliphatic heterocycles. The van der Waals surface area contributed by atoms with Gasteiger partial charge in [0.05, 0.1) is 12.7 Å². The number of carbonyl (C=O) groups excluding carboxylic acids is 1. The predicted molar refractivity (Wildman–Crippen MR) is 86.7 cm³/mol. The summed E-state index contributed by atoms with van der Waals surface area (Å²) < 4.78 is 5.15. The molecule has 0 aromatic heterocycles. The van der Waals surface area contributed by atoms with Crippen LogP contribution in [0, 0.1) is 5.92 Å². The number of amides is 1. The Hall–Kier alpha value is -1.75. The molecule has 5 heteroatoms. The minimum Gasteiger partial charge on any atom is -0.497 e. The van der Waals surface area contributed by atoms with Crippen LogP contribution in [-0.2, 0) is 0 Å². The molecular weight excluding hydrogens is 266 g/mol. The van der Waals surface area contributed by atoms with E-state index < -0.39 is 0 Å². The molecule has 0 bridgehead atoms. The summed E-state index contributed by atoms with van der Waals surface area (Å²) >= 11 is 0. The van der Waals surface area contributed by atoms with Crippen molar-refractivity contribution < 1.29 is 9.53 Å². The van der Waals surface area contributed by atoms with Crippen molar-refractivity contribution in [3.8, 4) is 5.75 Å². The van der Waals surface area contributed by atoms with Gasteiger partial charge in [-0.15, -0.1) is 0 Å². The highest BCUT2D eigenvalue weighted by atomic mass is 16.5. The highest BCUT2D eigenvalue weighted by Crippen LogP contribution is 2.19. The number of methoxy groups -OCH3 is 1. The van der Waals surface area contributed by atoms with Crippen LogP contribution >= 0.6 is 0 Å². The Labute approximate surface area is 127 Å². The van der Waals surface area contributed by atoms with Crippen molar-refractivity contribution in [1.82, 2.24) is 10.2 Å². The number of nitrogens with two attached hydrogens (primary N) is 1. The van der Waals surface area contributed by atoms with Gasteiger partial charge in [-0.05, 0) is 44.6 Å². The zero-order valence-electron chi connectivity index (χ0n) is 13.6. The molecule has 1 aromatic rings. The SMILES string of the molecule is COc1ccc(N)c(C(=O)NC(CC(C)C)CN(C)C)c1. The second kappa shape index (κ2) is 7.88. The molecule has 0 radical (unpaired) electrons. The smallest absolute Gasteiger partial charge is 0.253 e. The maximum Gasteiger partial charge on any atom is 0.253 e. The fourth-order valence-corrected chi connectivity index (χ4v) is 2.31. The minimum absolute atomic E-state index is 0.0955. The van der Waals surface area contributed by atoms with E-state index in [0.29, 0.717) is 22.9 Å². The Morgan fingerprint density at radius 3 is 2.57 bits per heavy atom. The van der Waals surface area contributed by atoms with Gasteiger partial charge in [0, 0.05) is 18.3 Å². The molecule has 0 aliphatic rings. The number of hydrogen-bond donors (Lipinski definition) is 2. The summed E-state index contributed by atoms with van der Waals surface area (Å²) in [7, 11) is 5.57. The van der Waals surface area contributed by atoms with Crippen LogP contribution in [0.3, 0.4) is 0 Å². The molecule has 5 nitrogen and oxygen atoms in total. The van der Waals surface area contributed by atoms with Crippen LogP contribution in [0.4, 0.5) is 5.69 Å². The normalized spacial score (nSPS) is 12.5. The Morgan fingerprint density at radius 2 is 2.05 bits per heavy atom. The highest BCUT2D eigenvalue weighted by Gasteiger charge is 2.18.